The van der Waals surface area contributed by atoms with Gasteiger partial charge in [0.1, 0.15) is 5.75 Å². The van der Waals surface area contributed by atoms with E-state index in [1.54, 1.807) is 24.3 Å². The van der Waals surface area contributed by atoms with Crippen molar-refractivity contribution in [3.63, 3.8) is 0 Å². The van der Waals surface area contributed by atoms with Crippen molar-refractivity contribution < 1.29 is 19.1 Å². The molecule has 0 fully saturated rings. The van der Waals surface area contributed by atoms with Crippen molar-refractivity contribution >= 4 is 40.8 Å². The van der Waals surface area contributed by atoms with Gasteiger partial charge in [-0.2, -0.15) is 5.26 Å². The molecule has 0 aliphatic carbocycles. The van der Waals surface area contributed by atoms with E-state index in [1.807, 2.05) is 6.07 Å². The van der Waals surface area contributed by atoms with E-state index >= 15 is 0 Å². The van der Waals surface area contributed by atoms with Crippen molar-refractivity contribution in [2.75, 3.05) is 11.9 Å². The first-order chi connectivity index (χ1) is 12.4. The van der Waals surface area contributed by atoms with Crippen LogP contribution in [0.15, 0.2) is 42.5 Å². The molecule has 8 heteroatoms. The van der Waals surface area contributed by atoms with E-state index in [0.717, 1.165) is 0 Å². The molecule has 1 N–H and O–H groups in total. The number of carbonyl (C=O) groups is 2. The van der Waals surface area contributed by atoms with Crippen LogP contribution in [-0.4, -0.2) is 24.6 Å². The molecule has 0 radical (unpaired) electrons. The smallest absolute Gasteiger partial charge is 0.344 e. The van der Waals surface area contributed by atoms with Crippen molar-refractivity contribution in [2.24, 2.45) is 0 Å². The zero-order valence-electron chi connectivity index (χ0n) is 13.7. The monoisotopic (exact) mass is 392 g/mol. The number of nitrogens with one attached hydrogen (secondary N) is 1. The zero-order chi connectivity index (χ0) is 19.1. The molecule has 0 saturated carbocycles. The summed E-state index contributed by atoms with van der Waals surface area (Å²) in [4.78, 5) is 23.9. The number of esters is 1. The van der Waals surface area contributed by atoms with Gasteiger partial charge in [-0.05, 0) is 49.4 Å². The van der Waals surface area contributed by atoms with Crippen LogP contribution in [0.4, 0.5) is 5.69 Å². The lowest BCUT2D eigenvalue weighted by Crippen LogP contribution is -2.31. The molecule has 2 rings (SSSR count). The summed E-state index contributed by atoms with van der Waals surface area (Å²) in [6.07, 6.45) is -1.04. The van der Waals surface area contributed by atoms with Crippen LogP contribution in [-0.2, 0) is 14.3 Å². The Kier molecular flexibility index (Phi) is 6.84. The predicted octanol–water partition coefficient (Wildman–Crippen LogP) is 3.81. The Morgan fingerprint density at radius 1 is 1.15 bits per heavy atom. The van der Waals surface area contributed by atoms with Crippen molar-refractivity contribution in [1.29, 1.82) is 5.26 Å². The largest absolute Gasteiger partial charge is 0.482 e. The van der Waals surface area contributed by atoms with Gasteiger partial charge in [-0.1, -0.05) is 23.2 Å². The van der Waals surface area contributed by atoms with Gasteiger partial charge in [0.15, 0.2) is 12.7 Å². The Balaban J connectivity index is 1.83. The predicted molar refractivity (Wildman–Crippen MR) is 97.3 cm³/mol. The number of hydrogen-bond acceptors (Lipinski definition) is 5. The Labute approximate surface area is 160 Å². The average molecular weight is 393 g/mol. The molecular formula is C18H14Cl2N2O4. The number of anilines is 1. The van der Waals surface area contributed by atoms with E-state index < -0.39 is 18.0 Å². The Morgan fingerprint density at radius 3 is 2.35 bits per heavy atom. The fourth-order valence-corrected chi connectivity index (χ4v) is 2.45. The maximum absolute atomic E-state index is 12.1. The van der Waals surface area contributed by atoms with Crippen LogP contribution in [0.2, 0.25) is 10.0 Å². The number of halogens is 2. The van der Waals surface area contributed by atoms with E-state index in [9.17, 15) is 9.59 Å². The number of ether oxygens (including phenoxy) is 2. The van der Waals surface area contributed by atoms with Gasteiger partial charge in [0, 0.05) is 15.7 Å². The van der Waals surface area contributed by atoms with Gasteiger partial charge in [-0.25, -0.2) is 4.79 Å². The number of hydrogen-bond donors (Lipinski definition) is 1. The van der Waals surface area contributed by atoms with E-state index in [-0.39, 0.29) is 6.61 Å². The second-order valence-corrected chi connectivity index (χ2v) is 6.08. The van der Waals surface area contributed by atoms with Crippen LogP contribution in [0.3, 0.4) is 0 Å². The first kappa shape index (κ1) is 19.6. The third-order valence-corrected chi connectivity index (χ3v) is 3.58. The molecule has 0 aliphatic rings. The minimum Gasteiger partial charge on any atom is -0.482 e. The second-order valence-electron chi connectivity index (χ2n) is 5.20. The van der Waals surface area contributed by atoms with Gasteiger partial charge in [-0.3, -0.25) is 4.79 Å². The lowest BCUT2D eigenvalue weighted by Gasteiger charge is -2.14. The second kappa shape index (κ2) is 9.09. The van der Waals surface area contributed by atoms with E-state index in [2.05, 4.69) is 5.32 Å². The molecule has 2 aromatic rings. The van der Waals surface area contributed by atoms with Crippen molar-refractivity contribution in [3.8, 4) is 11.8 Å². The zero-order valence-corrected chi connectivity index (χ0v) is 15.2. The highest BCUT2D eigenvalue weighted by Gasteiger charge is 2.18. The van der Waals surface area contributed by atoms with Crippen LogP contribution in [0.5, 0.6) is 5.75 Å². The summed E-state index contributed by atoms with van der Waals surface area (Å²) in [7, 11) is 0. The molecule has 1 unspecified atom stereocenters. The van der Waals surface area contributed by atoms with Crippen LogP contribution >= 0.6 is 23.2 Å². The third-order valence-electron chi connectivity index (χ3n) is 3.15. The molecule has 0 bridgehead atoms. The first-order valence-corrected chi connectivity index (χ1v) is 8.22. The molecule has 134 valence electrons. The minimum absolute atomic E-state index is 0.369. The molecule has 2 aromatic carbocycles. The summed E-state index contributed by atoms with van der Waals surface area (Å²) in [6, 6.07) is 12.8. The van der Waals surface area contributed by atoms with Crippen molar-refractivity contribution in [1.82, 2.24) is 0 Å². The SMILES string of the molecule is CC(OC(=O)COc1ccc(C#N)cc1)C(=O)Nc1cc(Cl)cc(Cl)c1. The van der Waals surface area contributed by atoms with E-state index in [0.29, 0.717) is 27.0 Å². The van der Waals surface area contributed by atoms with Gasteiger partial charge in [0.25, 0.3) is 5.91 Å². The Bertz CT molecular complexity index is 827. The highest BCUT2D eigenvalue weighted by Crippen LogP contribution is 2.22. The first-order valence-electron chi connectivity index (χ1n) is 7.47. The summed E-state index contributed by atoms with van der Waals surface area (Å²) < 4.78 is 10.3. The van der Waals surface area contributed by atoms with Crippen molar-refractivity contribution in [3.05, 3.63) is 58.1 Å². The van der Waals surface area contributed by atoms with E-state index in [4.69, 9.17) is 37.9 Å². The van der Waals surface area contributed by atoms with E-state index in [1.165, 1.54) is 25.1 Å². The fourth-order valence-electron chi connectivity index (χ4n) is 1.92. The topological polar surface area (TPSA) is 88.4 Å². The molecule has 1 atom stereocenters. The Morgan fingerprint density at radius 2 is 1.77 bits per heavy atom. The average Bonchev–Trinajstić information content (AvgIpc) is 2.59. The molecule has 0 saturated heterocycles. The minimum atomic E-state index is -1.04. The van der Waals surface area contributed by atoms with Gasteiger partial charge in [0.2, 0.25) is 0 Å². The maximum atomic E-state index is 12.1. The van der Waals surface area contributed by atoms with Crippen molar-refractivity contribution in [2.45, 2.75) is 13.0 Å². The van der Waals surface area contributed by atoms with Gasteiger partial charge in [0.05, 0.1) is 11.6 Å². The Hall–Kier alpha value is -2.75. The van der Waals surface area contributed by atoms with Crippen LogP contribution < -0.4 is 10.1 Å². The van der Waals surface area contributed by atoms with Gasteiger partial charge in [-0.15, -0.1) is 0 Å². The fraction of sp³-hybridized carbons (Fsp3) is 0.167. The highest BCUT2D eigenvalue weighted by molar-refractivity contribution is 6.35. The molecular weight excluding hydrogens is 379 g/mol. The summed E-state index contributed by atoms with van der Waals surface area (Å²) in [5.41, 5.74) is 0.871. The normalized spacial score (nSPS) is 11.2. The van der Waals surface area contributed by atoms with Crippen LogP contribution in [0.1, 0.15) is 12.5 Å². The van der Waals surface area contributed by atoms with Crippen LogP contribution in [0.25, 0.3) is 0 Å². The molecule has 0 heterocycles. The summed E-state index contributed by atoms with van der Waals surface area (Å²) in [5, 5.41) is 12.0. The number of rotatable bonds is 6. The summed E-state index contributed by atoms with van der Waals surface area (Å²) in [5.74, 6) is -0.831. The summed E-state index contributed by atoms with van der Waals surface area (Å²) >= 11 is 11.7. The lowest BCUT2D eigenvalue weighted by atomic mass is 10.2. The number of benzene rings is 2. The molecule has 1 amide bonds. The number of carbonyl (C=O) groups excluding carboxylic acids is 2. The van der Waals surface area contributed by atoms with Gasteiger partial charge >= 0.3 is 5.97 Å². The molecule has 0 spiro atoms. The van der Waals surface area contributed by atoms with Gasteiger partial charge < -0.3 is 14.8 Å². The molecule has 0 aliphatic heterocycles. The number of nitriles is 1. The molecule has 0 aromatic heterocycles. The van der Waals surface area contributed by atoms with Crippen LogP contribution in [0, 0.1) is 11.3 Å². The summed E-state index contributed by atoms with van der Waals surface area (Å²) in [6.45, 7) is 1.06. The number of amides is 1. The standard InChI is InChI=1S/C18H14Cl2N2O4/c1-11(18(24)22-15-7-13(19)6-14(20)8-15)26-17(23)10-25-16-4-2-12(9-21)3-5-16/h2-8,11H,10H2,1H3,(H,22,24). The lowest BCUT2D eigenvalue weighted by molar-refractivity contribution is -0.155. The maximum Gasteiger partial charge on any atom is 0.344 e. The molecule has 6 nitrogen and oxygen atoms in total. The molecule has 26 heavy (non-hydrogen) atoms. The number of nitrogens with zero attached hydrogens (tertiary/aromatic N) is 1. The highest BCUT2D eigenvalue weighted by atomic mass is 35.5. The quantitative estimate of drug-likeness (QED) is 0.754. The third kappa shape index (κ3) is 5.96.